The van der Waals surface area contributed by atoms with Crippen molar-refractivity contribution >= 4 is 17.5 Å². The van der Waals surface area contributed by atoms with E-state index in [9.17, 15) is 9.59 Å². The van der Waals surface area contributed by atoms with Crippen molar-refractivity contribution in [2.24, 2.45) is 0 Å². The van der Waals surface area contributed by atoms with E-state index >= 15 is 0 Å². The normalized spacial score (nSPS) is 16.8. The maximum Gasteiger partial charge on any atom is 0.253 e. The summed E-state index contributed by atoms with van der Waals surface area (Å²) in [6, 6.07) is 22.2. The molecule has 1 heterocycles. The third kappa shape index (κ3) is 5.18. The Labute approximate surface area is 225 Å². The molecule has 6 heteroatoms. The van der Waals surface area contributed by atoms with E-state index in [2.05, 4.69) is 31.0 Å². The lowest BCUT2D eigenvalue weighted by atomic mass is 9.94. The molecule has 2 amide bonds. The standard InChI is InChI=1S/C32H37N3O3/c1-22(2)34-17-19-35(20-18-34)30(36)25-8-6-24(7-9-25)29-21-27(12-5-23(29)3)33-31(37)32(15-16-32)26-10-13-28(38-4)14-11-26/h5-14,21-22H,15-20H2,1-4H3,(H,33,37). The van der Waals surface area contributed by atoms with Gasteiger partial charge in [-0.05, 0) is 92.3 Å². The predicted molar refractivity (Wildman–Crippen MR) is 152 cm³/mol. The van der Waals surface area contributed by atoms with Gasteiger partial charge >= 0.3 is 0 Å². The maximum absolute atomic E-state index is 13.3. The lowest BCUT2D eigenvalue weighted by molar-refractivity contribution is -0.118. The van der Waals surface area contributed by atoms with Crippen LogP contribution in [0.25, 0.3) is 11.1 Å². The third-order valence-electron chi connectivity index (χ3n) is 8.10. The number of carbonyl (C=O) groups excluding carboxylic acids is 2. The van der Waals surface area contributed by atoms with Gasteiger partial charge in [-0.2, -0.15) is 0 Å². The zero-order valence-corrected chi connectivity index (χ0v) is 22.8. The highest BCUT2D eigenvalue weighted by molar-refractivity contribution is 6.02. The number of hydrogen-bond acceptors (Lipinski definition) is 4. The first-order chi connectivity index (χ1) is 18.3. The summed E-state index contributed by atoms with van der Waals surface area (Å²) in [4.78, 5) is 30.8. The minimum absolute atomic E-state index is 0.0241. The van der Waals surface area contributed by atoms with E-state index in [0.29, 0.717) is 11.6 Å². The van der Waals surface area contributed by atoms with E-state index in [1.165, 1.54) is 0 Å². The van der Waals surface area contributed by atoms with Crippen molar-refractivity contribution in [2.75, 3.05) is 38.6 Å². The van der Waals surface area contributed by atoms with Crippen molar-refractivity contribution in [3.63, 3.8) is 0 Å². The summed E-state index contributed by atoms with van der Waals surface area (Å²) in [7, 11) is 1.64. The first-order valence-electron chi connectivity index (χ1n) is 13.5. The van der Waals surface area contributed by atoms with Crippen LogP contribution in [0.1, 0.15) is 48.2 Å². The Kier molecular flexibility index (Phi) is 7.26. The number of rotatable bonds is 7. The molecule has 1 aliphatic heterocycles. The molecule has 3 aromatic rings. The van der Waals surface area contributed by atoms with Crippen molar-refractivity contribution in [3.8, 4) is 16.9 Å². The van der Waals surface area contributed by atoms with Gasteiger partial charge in [0.15, 0.2) is 0 Å². The molecule has 0 spiro atoms. The van der Waals surface area contributed by atoms with E-state index in [-0.39, 0.29) is 11.8 Å². The van der Waals surface area contributed by atoms with Gasteiger partial charge in [0, 0.05) is 43.5 Å². The summed E-state index contributed by atoms with van der Waals surface area (Å²) in [5.74, 6) is 0.900. The molecule has 2 aliphatic rings. The van der Waals surface area contributed by atoms with Crippen molar-refractivity contribution in [1.82, 2.24) is 9.80 Å². The summed E-state index contributed by atoms with van der Waals surface area (Å²) >= 11 is 0. The number of hydrogen-bond donors (Lipinski definition) is 1. The number of amides is 2. The number of aryl methyl sites for hydroxylation is 1. The zero-order valence-electron chi connectivity index (χ0n) is 22.8. The van der Waals surface area contributed by atoms with Gasteiger partial charge in [0.25, 0.3) is 5.91 Å². The SMILES string of the molecule is COc1ccc(C2(C(=O)Nc3ccc(C)c(-c4ccc(C(=O)N5CCN(C(C)C)CC5)cc4)c3)CC2)cc1. The summed E-state index contributed by atoms with van der Waals surface area (Å²) in [5, 5.41) is 3.16. The molecule has 1 aliphatic carbocycles. The van der Waals surface area contributed by atoms with E-state index in [1.54, 1.807) is 7.11 Å². The Hall–Kier alpha value is -3.64. The first-order valence-corrected chi connectivity index (χ1v) is 13.5. The van der Waals surface area contributed by atoms with Gasteiger partial charge in [0.1, 0.15) is 5.75 Å². The fraction of sp³-hybridized carbons (Fsp3) is 0.375. The van der Waals surface area contributed by atoms with Crippen LogP contribution in [0.3, 0.4) is 0 Å². The number of ether oxygens (including phenoxy) is 1. The van der Waals surface area contributed by atoms with E-state index in [1.807, 2.05) is 71.6 Å². The molecular formula is C32H37N3O3. The van der Waals surface area contributed by atoms with Crippen molar-refractivity contribution in [2.45, 2.75) is 45.1 Å². The molecule has 0 aromatic heterocycles. The fourth-order valence-corrected chi connectivity index (χ4v) is 5.36. The summed E-state index contributed by atoms with van der Waals surface area (Å²) < 4.78 is 5.26. The molecule has 198 valence electrons. The van der Waals surface area contributed by atoms with Gasteiger partial charge in [-0.25, -0.2) is 0 Å². The highest BCUT2D eigenvalue weighted by atomic mass is 16.5. The van der Waals surface area contributed by atoms with Crippen molar-refractivity contribution < 1.29 is 14.3 Å². The van der Waals surface area contributed by atoms with Crippen LogP contribution >= 0.6 is 0 Å². The van der Waals surface area contributed by atoms with E-state index in [4.69, 9.17) is 4.74 Å². The molecular weight excluding hydrogens is 474 g/mol. The van der Waals surface area contributed by atoms with Gasteiger partial charge in [-0.1, -0.05) is 30.3 Å². The monoisotopic (exact) mass is 511 g/mol. The fourth-order valence-electron chi connectivity index (χ4n) is 5.36. The Bertz CT molecular complexity index is 1300. The molecule has 0 bridgehead atoms. The van der Waals surface area contributed by atoms with Gasteiger partial charge in [0.2, 0.25) is 5.91 Å². The molecule has 6 nitrogen and oxygen atoms in total. The number of anilines is 1. The number of carbonyl (C=O) groups is 2. The topological polar surface area (TPSA) is 61.9 Å². The molecule has 5 rings (SSSR count). The minimum Gasteiger partial charge on any atom is -0.497 e. The Morgan fingerprint density at radius 3 is 2.13 bits per heavy atom. The van der Waals surface area contributed by atoms with Crippen molar-refractivity contribution in [3.05, 3.63) is 83.4 Å². The molecule has 1 saturated carbocycles. The van der Waals surface area contributed by atoms with Crippen LogP contribution in [0.2, 0.25) is 0 Å². The Morgan fingerprint density at radius 2 is 1.55 bits per heavy atom. The number of benzene rings is 3. The smallest absolute Gasteiger partial charge is 0.253 e. The molecule has 38 heavy (non-hydrogen) atoms. The van der Waals surface area contributed by atoms with E-state index in [0.717, 1.165) is 72.7 Å². The largest absolute Gasteiger partial charge is 0.497 e. The quantitative estimate of drug-likeness (QED) is 0.455. The second-order valence-electron chi connectivity index (χ2n) is 10.8. The van der Waals surface area contributed by atoms with Crippen LogP contribution in [-0.2, 0) is 10.2 Å². The number of nitrogens with zero attached hydrogens (tertiary/aromatic N) is 2. The van der Waals surface area contributed by atoms with Crippen LogP contribution in [0.15, 0.2) is 66.7 Å². The molecule has 1 N–H and O–H groups in total. The number of piperazine rings is 1. The minimum atomic E-state index is -0.472. The first kappa shape index (κ1) is 26.0. The summed E-state index contributed by atoms with van der Waals surface area (Å²) in [5.41, 5.74) is 5.22. The second-order valence-corrected chi connectivity index (χ2v) is 10.8. The Balaban J connectivity index is 1.28. The molecule has 1 saturated heterocycles. The highest BCUT2D eigenvalue weighted by Gasteiger charge is 2.51. The molecule has 0 unspecified atom stereocenters. The van der Waals surface area contributed by atoms with Crippen LogP contribution < -0.4 is 10.1 Å². The highest BCUT2D eigenvalue weighted by Crippen LogP contribution is 2.49. The lowest BCUT2D eigenvalue weighted by Crippen LogP contribution is -2.50. The van der Waals surface area contributed by atoms with Crippen LogP contribution in [-0.4, -0.2) is 60.9 Å². The maximum atomic E-state index is 13.3. The number of nitrogens with one attached hydrogen (secondary N) is 1. The third-order valence-corrected chi connectivity index (χ3v) is 8.10. The van der Waals surface area contributed by atoms with Crippen LogP contribution in [0.5, 0.6) is 5.75 Å². The molecule has 2 fully saturated rings. The molecule has 0 atom stereocenters. The van der Waals surface area contributed by atoms with Gasteiger partial charge in [0.05, 0.1) is 12.5 Å². The average Bonchev–Trinajstić information content (AvgIpc) is 3.76. The number of methoxy groups -OCH3 is 1. The molecule has 0 radical (unpaired) electrons. The van der Waals surface area contributed by atoms with Gasteiger partial charge in [-0.3, -0.25) is 14.5 Å². The van der Waals surface area contributed by atoms with Crippen LogP contribution in [0.4, 0.5) is 5.69 Å². The molecule has 3 aromatic carbocycles. The Morgan fingerprint density at radius 1 is 0.895 bits per heavy atom. The van der Waals surface area contributed by atoms with Crippen LogP contribution in [0, 0.1) is 6.92 Å². The van der Waals surface area contributed by atoms with Crippen molar-refractivity contribution in [1.29, 1.82) is 0 Å². The van der Waals surface area contributed by atoms with Gasteiger partial charge < -0.3 is 15.0 Å². The van der Waals surface area contributed by atoms with Gasteiger partial charge in [-0.15, -0.1) is 0 Å². The predicted octanol–water partition coefficient (Wildman–Crippen LogP) is 5.51. The summed E-state index contributed by atoms with van der Waals surface area (Å²) in [6.45, 7) is 9.81. The van der Waals surface area contributed by atoms with E-state index < -0.39 is 5.41 Å². The zero-order chi connectivity index (χ0) is 26.9. The summed E-state index contributed by atoms with van der Waals surface area (Å²) in [6.07, 6.45) is 1.68. The average molecular weight is 512 g/mol. The lowest BCUT2D eigenvalue weighted by Gasteiger charge is -2.37. The second kappa shape index (κ2) is 10.6.